The van der Waals surface area contributed by atoms with Crippen molar-refractivity contribution in [2.75, 3.05) is 0 Å². The first-order valence-electron chi connectivity index (χ1n) is 24.8. The maximum atomic E-state index is 9.45. The molecule has 0 radical (unpaired) electrons. The molecule has 192 valence electrons. The number of hydrogen-bond donors (Lipinski definition) is 0. The van der Waals surface area contributed by atoms with Gasteiger partial charge in [0.05, 0.1) is 34.3 Å². The summed E-state index contributed by atoms with van der Waals surface area (Å²) in [6, 6.07) is -21.8. The highest BCUT2D eigenvalue weighted by molar-refractivity contribution is 6.23. The zero-order chi connectivity index (χ0) is 49.1. The molecule has 0 fully saturated rings. The van der Waals surface area contributed by atoms with E-state index in [9.17, 15) is 12.3 Å². The summed E-state index contributed by atoms with van der Waals surface area (Å²) in [5.41, 5.74) is -4.36. The summed E-state index contributed by atoms with van der Waals surface area (Å²) in [7, 11) is 0. The van der Waals surface area contributed by atoms with E-state index in [0.717, 1.165) is 0 Å². The smallest absolute Gasteiger partial charge is 0.0616 e. The SMILES string of the molecule is [2H]c1c([2H])c(-c2c3c([2H])c([2H])c([2H])c([2H])c3c(-c3c([2H])c([2H])c([2H])c4c([2H])c([2H])c([2H])c([2H])c34)c3c([2H])c([2H])c([2H])c([2H])c23)c([2H])c([2H])c1-c1c([2H])c([2H])c2c([2H])c(C)c([2H])c([2H])c2c1[2H]. The summed E-state index contributed by atoms with van der Waals surface area (Å²) in [6.45, 7) is 1.35. The van der Waals surface area contributed by atoms with Crippen LogP contribution >= 0.6 is 0 Å². The summed E-state index contributed by atoms with van der Waals surface area (Å²) in [4.78, 5) is 0. The van der Waals surface area contributed by atoms with E-state index in [-0.39, 0.29) is 10.9 Å². The van der Waals surface area contributed by atoms with Crippen LogP contribution in [0.4, 0.5) is 0 Å². The Morgan fingerprint density at radius 1 is 0.366 bits per heavy atom. The maximum Gasteiger partial charge on any atom is 0.0636 e. The van der Waals surface area contributed by atoms with Crippen LogP contribution in [0.15, 0.2) is 151 Å². The van der Waals surface area contributed by atoms with Crippen molar-refractivity contribution in [3.05, 3.63) is 157 Å². The first-order chi connectivity index (χ1) is 30.7. The van der Waals surface area contributed by atoms with E-state index in [1.54, 1.807) is 0 Å². The van der Waals surface area contributed by atoms with Gasteiger partial charge < -0.3 is 0 Å². The third kappa shape index (κ3) is 3.91. The minimum Gasteiger partial charge on any atom is -0.0616 e. The average Bonchev–Trinajstić information content (AvgIpc) is 3.28. The zero-order valence-electron chi connectivity index (χ0n) is 46.0. The largest absolute Gasteiger partial charge is 0.0636 e. The minimum absolute atomic E-state index is 0.0207. The van der Waals surface area contributed by atoms with E-state index in [0.29, 0.717) is 0 Å². The molecule has 0 bridgehead atoms. The summed E-state index contributed by atoms with van der Waals surface area (Å²) in [6.07, 6.45) is 0. The highest BCUT2D eigenvalue weighted by Crippen LogP contribution is 2.45. The van der Waals surface area contributed by atoms with Gasteiger partial charge >= 0.3 is 0 Å². The number of hydrogen-bond acceptors (Lipinski definition) is 0. The van der Waals surface area contributed by atoms with Gasteiger partial charge in [0.15, 0.2) is 0 Å². The fourth-order valence-corrected chi connectivity index (χ4v) is 4.78. The van der Waals surface area contributed by atoms with E-state index >= 15 is 0 Å². The van der Waals surface area contributed by atoms with Gasteiger partial charge in [-0.3, -0.25) is 0 Å². The van der Waals surface area contributed by atoms with Gasteiger partial charge in [-0.1, -0.05) is 151 Å². The van der Waals surface area contributed by atoms with Crippen LogP contribution in [0, 0.1) is 6.92 Å². The molecule has 0 spiro atoms. The minimum atomic E-state index is -1.04. The van der Waals surface area contributed by atoms with E-state index in [1.165, 1.54) is 6.92 Å². The average molecular weight is 546 g/mol. The molecule has 0 aliphatic heterocycles. The van der Waals surface area contributed by atoms with Gasteiger partial charge in [0.1, 0.15) is 0 Å². The van der Waals surface area contributed by atoms with E-state index in [2.05, 4.69) is 0 Å². The first kappa shape index (κ1) is 9.43. The summed E-state index contributed by atoms with van der Waals surface area (Å²) < 4.78 is 223. The van der Waals surface area contributed by atoms with E-state index < -0.39 is 222 Å². The Hall–Kier alpha value is -5.20. The fraction of sp³-hybridized carbons (Fsp3) is 0.0244. The van der Waals surface area contributed by atoms with Crippen LogP contribution < -0.4 is 0 Å². The molecule has 0 heterocycles. The van der Waals surface area contributed by atoms with Gasteiger partial charge in [0, 0.05) is 0 Å². The Balaban J connectivity index is 1.68. The summed E-state index contributed by atoms with van der Waals surface area (Å²) in [5.74, 6) is 0. The molecule has 0 amide bonds. The van der Waals surface area contributed by atoms with Gasteiger partial charge in [-0.05, 0) is 89.4 Å². The quantitative estimate of drug-likeness (QED) is 0.194. The lowest BCUT2D eigenvalue weighted by molar-refractivity contribution is 1.50. The molecule has 0 aliphatic carbocycles. The van der Waals surface area contributed by atoms with Crippen LogP contribution in [0.2, 0.25) is 0 Å². The van der Waals surface area contributed by atoms with Crippen LogP contribution in [0.1, 0.15) is 39.8 Å². The molecule has 0 aliphatic rings. The number of fused-ring (bicyclic) bond motifs is 4. The van der Waals surface area contributed by atoms with Crippen molar-refractivity contribution in [1.29, 1.82) is 0 Å². The van der Waals surface area contributed by atoms with Crippen molar-refractivity contribution >= 4 is 43.1 Å². The molecule has 0 saturated carbocycles. The molecule has 8 aromatic carbocycles. The molecule has 0 saturated heterocycles. The van der Waals surface area contributed by atoms with Gasteiger partial charge in [0.2, 0.25) is 0 Å². The zero-order valence-corrected chi connectivity index (χ0v) is 21.0. The van der Waals surface area contributed by atoms with Gasteiger partial charge in [-0.25, -0.2) is 0 Å². The second kappa shape index (κ2) is 9.47. The topological polar surface area (TPSA) is 0 Å². The molecule has 0 nitrogen and oxygen atoms in total. The van der Waals surface area contributed by atoms with E-state index in [4.69, 9.17) is 21.9 Å². The Labute approximate surface area is 275 Å². The lowest BCUT2D eigenvalue weighted by atomic mass is 9.84. The van der Waals surface area contributed by atoms with Gasteiger partial charge in [0.25, 0.3) is 0 Å². The van der Waals surface area contributed by atoms with Crippen molar-refractivity contribution in [1.82, 2.24) is 0 Å². The van der Waals surface area contributed by atoms with Crippen LogP contribution in [0.5, 0.6) is 0 Å². The van der Waals surface area contributed by atoms with Crippen LogP contribution in [-0.4, -0.2) is 0 Å². The Kier molecular flexibility index (Phi) is 2.18. The summed E-state index contributed by atoms with van der Waals surface area (Å²) in [5, 5.41) is -4.81. The molecule has 0 unspecified atom stereocenters. The third-order valence-corrected chi connectivity index (χ3v) is 6.56. The normalized spacial score (nSPS) is 20.1. The second-order valence-corrected chi connectivity index (χ2v) is 9.00. The van der Waals surface area contributed by atoms with Crippen molar-refractivity contribution < 1.29 is 34.3 Å². The summed E-state index contributed by atoms with van der Waals surface area (Å²) >= 11 is 0. The Morgan fingerprint density at radius 3 is 1.59 bits per heavy atom. The monoisotopic (exact) mass is 545 g/mol. The maximum absolute atomic E-state index is 9.45. The Morgan fingerprint density at radius 2 is 0.878 bits per heavy atom. The van der Waals surface area contributed by atoms with Crippen molar-refractivity contribution in [2.24, 2.45) is 0 Å². The second-order valence-electron chi connectivity index (χ2n) is 9.00. The number of rotatable bonds is 3. The molecule has 0 heteroatoms. The van der Waals surface area contributed by atoms with Crippen molar-refractivity contribution in [3.63, 3.8) is 0 Å². The molecule has 8 aromatic rings. The molecule has 0 aromatic heterocycles. The molecule has 0 atom stereocenters. The molecule has 0 N–H and O–H groups in total. The molecular weight excluding hydrogens is 492 g/mol. The highest BCUT2D eigenvalue weighted by Gasteiger charge is 2.17. The highest BCUT2D eigenvalue weighted by atomic mass is 14.2. The van der Waals surface area contributed by atoms with Crippen LogP contribution in [-0.2, 0) is 0 Å². The first-order valence-corrected chi connectivity index (χ1v) is 12.2. The lowest BCUT2D eigenvalue weighted by Crippen LogP contribution is -1.91. The molecule has 8 rings (SSSR count). The lowest BCUT2D eigenvalue weighted by Gasteiger charge is -2.19. The fourth-order valence-electron chi connectivity index (χ4n) is 4.78. The molecular formula is C41H28. The Bertz CT molecular complexity index is 3530. The van der Waals surface area contributed by atoms with E-state index in [1.807, 2.05) is 0 Å². The number of benzene rings is 8. The van der Waals surface area contributed by atoms with Crippen LogP contribution in [0.3, 0.4) is 0 Å². The predicted octanol–water partition coefficient (Wildman–Crippen LogP) is 11.6. The predicted molar refractivity (Wildman–Crippen MR) is 178 cm³/mol. The standard InChI is InChI=1S/C41H28/c1-27-17-18-33-26-32(24-23-31(33)25-27)28-19-21-30(22-20-28)40-36-12-4-6-14-38(36)41(39-15-7-5-13-37(39)40)35-16-8-10-29-9-2-3-11-34(29)35/h2-26H,1H3/i2D,3D,4D,5D,6D,7D,8D,9D,10D,11D,12D,13D,14D,15D,16D,17D,18D,19D,20D,21D,22D,23D,24D,25D,26D. The van der Waals surface area contributed by atoms with Gasteiger partial charge in [-0.2, -0.15) is 0 Å². The third-order valence-electron chi connectivity index (χ3n) is 6.56. The van der Waals surface area contributed by atoms with Crippen molar-refractivity contribution in [3.8, 4) is 33.4 Å². The molecule has 41 heavy (non-hydrogen) atoms. The van der Waals surface area contributed by atoms with Crippen molar-refractivity contribution in [2.45, 2.75) is 6.92 Å². The van der Waals surface area contributed by atoms with Gasteiger partial charge in [-0.15, -0.1) is 0 Å². The van der Waals surface area contributed by atoms with Crippen LogP contribution in [0.25, 0.3) is 76.5 Å².